The zero-order chi connectivity index (χ0) is 17.9. The van der Waals surface area contributed by atoms with E-state index < -0.39 is 0 Å². The molecule has 2 N–H and O–H groups in total. The number of carbonyl (C=O) groups is 3. The van der Waals surface area contributed by atoms with E-state index in [2.05, 4.69) is 10.6 Å². The summed E-state index contributed by atoms with van der Waals surface area (Å²) in [5.41, 5.74) is 0.615. The molecule has 0 aromatic heterocycles. The lowest BCUT2D eigenvalue weighted by Gasteiger charge is -2.20. The van der Waals surface area contributed by atoms with Crippen LogP contribution >= 0.6 is 0 Å². The van der Waals surface area contributed by atoms with Gasteiger partial charge in [-0.3, -0.25) is 14.4 Å². The molecular formula is C17H25N3O4. The summed E-state index contributed by atoms with van der Waals surface area (Å²) in [5, 5.41) is 5.19. The fourth-order valence-corrected chi connectivity index (χ4v) is 2.07. The molecule has 0 saturated heterocycles. The van der Waals surface area contributed by atoms with Crippen LogP contribution in [0.2, 0.25) is 0 Å². The van der Waals surface area contributed by atoms with Gasteiger partial charge in [0.25, 0.3) is 0 Å². The van der Waals surface area contributed by atoms with Crippen LogP contribution in [0.4, 0.5) is 5.69 Å². The number of methoxy groups -OCH3 is 1. The molecule has 0 aliphatic rings. The van der Waals surface area contributed by atoms with Crippen molar-refractivity contribution in [3.05, 3.63) is 24.3 Å². The normalized spacial score (nSPS) is 9.96. The molecule has 7 nitrogen and oxygen atoms in total. The SMILES string of the molecule is CCCN(CC(=O)NCC(=O)Nc1ccc(OC)cc1)C(=O)CC. The van der Waals surface area contributed by atoms with Gasteiger partial charge >= 0.3 is 0 Å². The number of rotatable bonds is 9. The number of ether oxygens (including phenoxy) is 1. The third kappa shape index (κ3) is 6.68. The highest BCUT2D eigenvalue weighted by molar-refractivity contribution is 5.95. The molecular weight excluding hydrogens is 310 g/mol. The summed E-state index contributed by atoms with van der Waals surface area (Å²) < 4.78 is 5.04. The smallest absolute Gasteiger partial charge is 0.243 e. The predicted molar refractivity (Wildman–Crippen MR) is 91.8 cm³/mol. The molecule has 0 heterocycles. The summed E-state index contributed by atoms with van der Waals surface area (Å²) >= 11 is 0. The number of benzene rings is 1. The van der Waals surface area contributed by atoms with E-state index in [0.717, 1.165) is 6.42 Å². The second-order valence-corrected chi connectivity index (χ2v) is 5.22. The molecule has 1 aromatic carbocycles. The second-order valence-electron chi connectivity index (χ2n) is 5.22. The highest BCUT2D eigenvalue weighted by atomic mass is 16.5. The fourth-order valence-electron chi connectivity index (χ4n) is 2.07. The number of amides is 3. The Kier molecular flexibility index (Phi) is 8.32. The van der Waals surface area contributed by atoms with Crippen molar-refractivity contribution in [2.75, 3.05) is 32.1 Å². The molecule has 3 amide bonds. The molecule has 1 rings (SSSR count). The van der Waals surface area contributed by atoms with Gasteiger partial charge in [0.15, 0.2) is 0 Å². The molecule has 0 fully saturated rings. The van der Waals surface area contributed by atoms with Crippen LogP contribution in [-0.4, -0.2) is 49.4 Å². The summed E-state index contributed by atoms with van der Waals surface area (Å²) in [7, 11) is 1.56. The monoisotopic (exact) mass is 335 g/mol. The van der Waals surface area contributed by atoms with Crippen molar-refractivity contribution in [2.45, 2.75) is 26.7 Å². The van der Waals surface area contributed by atoms with E-state index in [-0.39, 0.29) is 30.8 Å². The number of nitrogens with zero attached hydrogens (tertiary/aromatic N) is 1. The van der Waals surface area contributed by atoms with Gasteiger partial charge in [-0.2, -0.15) is 0 Å². The van der Waals surface area contributed by atoms with Crippen LogP contribution in [0.1, 0.15) is 26.7 Å². The van der Waals surface area contributed by atoms with E-state index >= 15 is 0 Å². The van der Waals surface area contributed by atoms with E-state index in [1.165, 1.54) is 4.90 Å². The van der Waals surface area contributed by atoms with Gasteiger partial charge in [-0.1, -0.05) is 13.8 Å². The average Bonchev–Trinajstić information content (AvgIpc) is 2.59. The Balaban J connectivity index is 2.41. The van der Waals surface area contributed by atoms with Gasteiger partial charge in [-0.15, -0.1) is 0 Å². The van der Waals surface area contributed by atoms with Gasteiger partial charge in [0, 0.05) is 18.7 Å². The summed E-state index contributed by atoms with van der Waals surface area (Å²) in [4.78, 5) is 36.9. The molecule has 0 unspecified atom stereocenters. The third-order valence-corrected chi connectivity index (χ3v) is 3.30. The fraction of sp³-hybridized carbons (Fsp3) is 0.471. The van der Waals surface area contributed by atoms with Crippen LogP contribution in [0.5, 0.6) is 5.75 Å². The van der Waals surface area contributed by atoms with E-state index in [1.807, 2.05) is 6.92 Å². The molecule has 0 aliphatic heterocycles. The van der Waals surface area contributed by atoms with Gasteiger partial charge in [-0.05, 0) is 30.7 Å². The molecule has 132 valence electrons. The highest BCUT2D eigenvalue weighted by Gasteiger charge is 2.15. The maximum absolute atomic E-state index is 11.9. The molecule has 1 aromatic rings. The van der Waals surface area contributed by atoms with E-state index in [4.69, 9.17) is 4.74 Å². The Labute approximate surface area is 142 Å². The maximum Gasteiger partial charge on any atom is 0.243 e. The molecule has 0 bridgehead atoms. The zero-order valence-electron chi connectivity index (χ0n) is 14.4. The summed E-state index contributed by atoms with van der Waals surface area (Å²) in [6.45, 7) is 4.04. The minimum absolute atomic E-state index is 0.0314. The standard InChI is InChI=1S/C17H25N3O4/c1-4-10-20(17(23)5-2)12-16(22)18-11-15(21)19-13-6-8-14(24-3)9-7-13/h6-9H,4-5,10-12H2,1-3H3,(H,18,22)(H,19,21). The van der Waals surface area contributed by atoms with Gasteiger partial charge in [0.1, 0.15) is 5.75 Å². The van der Waals surface area contributed by atoms with Crippen molar-refractivity contribution in [1.29, 1.82) is 0 Å². The number of anilines is 1. The van der Waals surface area contributed by atoms with Gasteiger partial charge in [0.05, 0.1) is 20.2 Å². The number of carbonyl (C=O) groups excluding carboxylic acids is 3. The third-order valence-electron chi connectivity index (χ3n) is 3.30. The Morgan fingerprint density at radius 1 is 1.08 bits per heavy atom. The topological polar surface area (TPSA) is 87.7 Å². The van der Waals surface area contributed by atoms with Crippen LogP contribution in [0.15, 0.2) is 24.3 Å². The lowest BCUT2D eigenvalue weighted by Crippen LogP contribution is -2.43. The van der Waals surface area contributed by atoms with Crippen molar-refractivity contribution >= 4 is 23.4 Å². The van der Waals surface area contributed by atoms with Gasteiger partial charge in [0.2, 0.25) is 17.7 Å². The van der Waals surface area contributed by atoms with E-state index in [0.29, 0.717) is 24.4 Å². The predicted octanol–water partition coefficient (Wildman–Crippen LogP) is 1.40. The summed E-state index contributed by atoms with van der Waals surface area (Å²) in [6.07, 6.45) is 1.13. The van der Waals surface area contributed by atoms with Gasteiger partial charge in [-0.25, -0.2) is 0 Å². The molecule has 0 atom stereocenters. The molecule has 0 aliphatic carbocycles. The zero-order valence-corrected chi connectivity index (χ0v) is 14.4. The van der Waals surface area contributed by atoms with Crippen molar-refractivity contribution in [3.63, 3.8) is 0 Å². The maximum atomic E-state index is 11.9. The number of hydrogen-bond donors (Lipinski definition) is 2. The average molecular weight is 335 g/mol. The van der Waals surface area contributed by atoms with Crippen LogP contribution < -0.4 is 15.4 Å². The lowest BCUT2D eigenvalue weighted by molar-refractivity contribution is -0.136. The molecule has 0 saturated carbocycles. The van der Waals surface area contributed by atoms with Gasteiger partial charge < -0.3 is 20.3 Å². The summed E-state index contributed by atoms with van der Waals surface area (Å²) in [5.74, 6) is -0.0694. The molecule has 24 heavy (non-hydrogen) atoms. The Morgan fingerprint density at radius 2 is 1.75 bits per heavy atom. The second kappa shape index (κ2) is 10.3. The molecule has 7 heteroatoms. The Morgan fingerprint density at radius 3 is 2.29 bits per heavy atom. The molecule has 0 spiro atoms. The highest BCUT2D eigenvalue weighted by Crippen LogP contribution is 2.14. The number of hydrogen-bond acceptors (Lipinski definition) is 4. The van der Waals surface area contributed by atoms with Crippen molar-refractivity contribution < 1.29 is 19.1 Å². The first-order chi connectivity index (χ1) is 11.5. The first-order valence-electron chi connectivity index (χ1n) is 7.98. The quantitative estimate of drug-likeness (QED) is 0.714. The van der Waals surface area contributed by atoms with Crippen molar-refractivity contribution in [3.8, 4) is 5.75 Å². The largest absolute Gasteiger partial charge is 0.497 e. The Hall–Kier alpha value is -2.57. The lowest BCUT2D eigenvalue weighted by atomic mass is 10.3. The van der Waals surface area contributed by atoms with E-state index in [9.17, 15) is 14.4 Å². The molecule has 0 radical (unpaired) electrons. The number of nitrogens with one attached hydrogen (secondary N) is 2. The van der Waals surface area contributed by atoms with Crippen molar-refractivity contribution in [2.24, 2.45) is 0 Å². The van der Waals surface area contributed by atoms with E-state index in [1.54, 1.807) is 38.3 Å². The minimum Gasteiger partial charge on any atom is -0.497 e. The van der Waals surface area contributed by atoms with Crippen LogP contribution in [0.25, 0.3) is 0 Å². The first kappa shape index (κ1) is 19.5. The van der Waals surface area contributed by atoms with Crippen LogP contribution in [0.3, 0.4) is 0 Å². The van der Waals surface area contributed by atoms with Crippen LogP contribution in [0, 0.1) is 0 Å². The van der Waals surface area contributed by atoms with Crippen LogP contribution in [-0.2, 0) is 14.4 Å². The Bertz CT molecular complexity index is 557. The minimum atomic E-state index is -0.352. The van der Waals surface area contributed by atoms with Crippen molar-refractivity contribution in [1.82, 2.24) is 10.2 Å². The summed E-state index contributed by atoms with van der Waals surface area (Å²) in [6, 6.07) is 6.88. The first-order valence-corrected chi connectivity index (χ1v) is 7.98.